The second kappa shape index (κ2) is 5.16. The summed E-state index contributed by atoms with van der Waals surface area (Å²) in [5.41, 5.74) is -0.962. The molecule has 0 radical (unpaired) electrons. The Morgan fingerprint density at radius 1 is 1.30 bits per heavy atom. The van der Waals surface area contributed by atoms with Crippen molar-refractivity contribution in [2.45, 2.75) is 13.3 Å². The van der Waals surface area contributed by atoms with Gasteiger partial charge in [0.2, 0.25) is 11.2 Å². The molecule has 2 rings (SSSR count). The van der Waals surface area contributed by atoms with E-state index in [1.807, 2.05) is 0 Å². The molecule has 0 spiro atoms. The van der Waals surface area contributed by atoms with E-state index in [1.165, 1.54) is 31.2 Å². The number of rotatable bonds is 3. The Kier molecular flexibility index (Phi) is 3.56. The number of aromatic hydroxyl groups is 1. The van der Waals surface area contributed by atoms with Crippen LogP contribution in [0.4, 0.5) is 4.39 Å². The zero-order chi connectivity index (χ0) is 14.9. The van der Waals surface area contributed by atoms with E-state index in [0.29, 0.717) is 5.56 Å². The third-order valence-corrected chi connectivity index (χ3v) is 2.83. The number of carbonyl (C=O) groups is 1. The summed E-state index contributed by atoms with van der Waals surface area (Å²) in [5, 5.41) is 18.6. The predicted molar refractivity (Wildman–Crippen MR) is 67.5 cm³/mol. The van der Waals surface area contributed by atoms with Crippen molar-refractivity contribution in [2.75, 3.05) is 0 Å². The molecular formula is C14H11FO5. The molecule has 0 bridgehead atoms. The molecular weight excluding hydrogens is 267 g/mol. The Labute approximate surface area is 112 Å². The highest BCUT2D eigenvalue weighted by Crippen LogP contribution is 2.20. The van der Waals surface area contributed by atoms with Crippen molar-refractivity contribution in [2.24, 2.45) is 0 Å². The van der Waals surface area contributed by atoms with Crippen LogP contribution in [0.3, 0.4) is 0 Å². The number of carboxylic acids is 1. The van der Waals surface area contributed by atoms with Gasteiger partial charge in [-0.25, -0.2) is 9.18 Å². The summed E-state index contributed by atoms with van der Waals surface area (Å²) in [6.07, 6.45) is 0.0576. The zero-order valence-corrected chi connectivity index (χ0v) is 10.5. The molecule has 20 heavy (non-hydrogen) atoms. The fraction of sp³-hybridized carbons (Fsp3) is 0.143. The first-order valence-electron chi connectivity index (χ1n) is 5.73. The fourth-order valence-corrected chi connectivity index (χ4v) is 1.84. The monoisotopic (exact) mass is 278 g/mol. The average Bonchev–Trinajstić information content (AvgIpc) is 2.38. The lowest BCUT2D eigenvalue weighted by atomic mass is 10.1. The summed E-state index contributed by atoms with van der Waals surface area (Å²) in [5.74, 6) is -2.74. The van der Waals surface area contributed by atoms with Gasteiger partial charge in [0.1, 0.15) is 17.1 Å². The molecule has 0 aliphatic rings. The maximum atomic E-state index is 12.8. The number of aromatic carboxylic acids is 1. The normalized spacial score (nSPS) is 10.5. The Morgan fingerprint density at radius 3 is 2.45 bits per heavy atom. The van der Waals surface area contributed by atoms with Crippen LogP contribution in [0.2, 0.25) is 0 Å². The van der Waals surface area contributed by atoms with Gasteiger partial charge in [0.15, 0.2) is 5.76 Å². The molecule has 6 heteroatoms. The van der Waals surface area contributed by atoms with Crippen molar-refractivity contribution in [1.82, 2.24) is 0 Å². The quantitative estimate of drug-likeness (QED) is 0.897. The van der Waals surface area contributed by atoms with Crippen LogP contribution in [-0.2, 0) is 6.42 Å². The van der Waals surface area contributed by atoms with E-state index >= 15 is 0 Å². The van der Waals surface area contributed by atoms with Crippen molar-refractivity contribution in [3.05, 3.63) is 63.0 Å². The molecule has 1 aromatic heterocycles. The molecule has 0 amide bonds. The standard InChI is InChI=1S/C14H11FO5/c1-7-11(14(18)19)13(17)12(16)10(20-7)6-8-2-4-9(15)5-3-8/h2-5,16H,6H2,1H3,(H,18,19). The lowest BCUT2D eigenvalue weighted by Crippen LogP contribution is -2.17. The van der Waals surface area contributed by atoms with E-state index in [4.69, 9.17) is 9.52 Å². The van der Waals surface area contributed by atoms with Crippen molar-refractivity contribution in [1.29, 1.82) is 0 Å². The third kappa shape index (κ3) is 2.54. The van der Waals surface area contributed by atoms with Crippen LogP contribution in [0, 0.1) is 12.7 Å². The SMILES string of the molecule is Cc1oc(Cc2ccc(F)cc2)c(O)c(=O)c1C(=O)O. The van der Waals surface area contributed by atoms with Crippen LogP contribution in [0.25, 0.3) is 0 Å². The minimum atomic E-state index is -1.46. The zero-order valence-electron chi connectivity index (χ0n) is 10.5. The van der Waals surface area contributed by atoms with Gasteiger partial charge in [-0.3, -0.25) is 4.79 Å². The maximum absolute atomic E-state index is 12.8. The average molecular weight is 278 g/mol. The van der Waals surface area contributed by atoms with E-state index in [-0.39, 0.29) is 17.9 Å². The van der Waals surface area contributed by atoms with Gasteiger partial charge in [0, 0.05) is 6.42 Å². The van der Waals surface area contributed by atoms with Crippen LogP contribution in [0.15, 0.2) is 33.5 Å². The fourth-order valence-electron chi connectivity index (χ4n) is 1.84. The molecule has 2 N–H and O–H groups in total. The molecule has 2 aromatic rings. The minimum Gasteiger partial charge on any atom is -0.502 e. The summed E-state index contributed by atoms with van der Waals surface area (Å²) in [6.45, 7) is 1.33. The van der Waals surface area contributed by atoms with Crippen LogP contribution in [-0.4, -0.2) is 16.2 Å². The van der Waals surface area contributed by atoms with Crippen molar-refractivity contribution >= 4 is 5.97 Å². The molecule has 104 valence electrons. The molecule has 1 aromatic carbocycles. The number of aryl methyl sites for hydroxylation is 1. The predicted octanol–water partition coefficient (Wildman–Crippen LogP) is 2.08. The summed E-state index contributed by atoms with van der Waals surface area (Å²) in [4.78, 5) is 22.6. The second-order valence-corrected chi connectivity index (χ2v) is 4.24. The summed E-state index contributed by atoms with van der Waals surface area (Å²) < 4.78 is 18.0. The molecule has 0 fully saturated rings. The van der Waals surface area contributed by atoms with Crippen molar-refractivity contribution in [3.63, 3.8) is 0 Å². The Morgan fingerprint density at radius 2 is 1.90 bits per heavy atom. The molecule has 0 saturated heterocycles. The highest BCUT2D eigenvalue weighted by molar-refractivity contribution is 5.88. The van der Waals surface area contributed by atoms with Gasteiger partial charge in [-0.1, -0.05) is 12.1 Å². The van der Waals surface area contributed by atoms with Gasteiger partial charge in [-0.15, -0.1) is 0 Å². The topological polar surface area (TPSA) is 87.7 Å². The van der Waals surface area contributed by atoms with E-state index in [2.05, 4.69) is 0 Å². The molecule has 0 aliphatic carbocycles. The summed E-state index contributed by atoms with van der Waals surface area (Å²) in [6, 6.07) is 5.44. The first-order chi connectivity index (χ1) is 9.40. The van der Waals surface area contributed by atoms with Gasteiger partial charge in [0.05, 0.1) is 0 Å². The van der Waals surface area contributed by atoms with Gasteiger partial charge in [-0.05, 0) is 24.6 Å². The number of carboxylic acid groups (broad SMARTS) is 1. The van der Waals surface area contributed by atoms with Crippen LogP contribution in [0.5, 0.6) is 5.75 Å². The highest BCUT2D eigenvalue weighted by atomic mass is 19.1. The van der Waals surface area contributed by atoms with Gasteiger partial charge >= 0.3 is 5.97 Å². The maximum Gasteiger partial charge on any atom is 0.343 e. The Balaban J connectivity index is 2.46. The lowest BCUT2D eigenvalue weighted by Gasteiger charge is -2.07. The first-order valence-corrected chi connectivity index (χ1v) is 5.73. The van der Waals surface area contributed by atoms with Crippen LogP contribution < -0.4 is 5.43 Å². The minimum absolute atomic E-state index is 0.0518. The number of benzene rings is 1. The van der Waals surface area contributed by atoms with Gasteiger partial charge in [0.25, 0.3) is 0 Å². The molecule has 0 atom stereocenters. The van der Waals surface area contributed by atoms with E-state index in [1.54, 1.807) is 0 Å². The number of hydrogen-bond donors (Lipinski definition) is 2. The second-order valence-electron chi connectivity index (χ2n) is 4.24. The third-order valence-electron chi connectivity index (χ3n) is 2.83. The molecule has 1 heterocycles. The van der Waals surface area contributed by atoms with E-state index in [9.17, 15) is 19.1 Å². The number of hydrogen-bond acceptors (Lipinski definition) is 4. The smallest absolute Gasteiger partial charge is 0.343 e. The molecule has 0 unspecified atom stereocenters. The molecule has 0 saturated carbocycles. The van der Waals surface area contributed by atoms with Gasteiger partial charge in [-0.2, -0.15) is 0 Å². The van der Waals surface area contributed by atoms with Crippen LogP contribution in [0.1, 0.15) is 27.4 Å². The molecule has 0 aliphatic heterocycles. The highest BCUT2D eigenvalue weighted by Gasteiger charge is 2.21. The summed E-state index contributed by atoms with van der Waals surface area (Å²) >= 11 is 0. The first kappa shape index (κ1) is 13.8. The Bertz CT molecular complexity index is 716. The lowest BCUT2D eigenvalue weighted by molar-refractivity contribution is 0.0690. The van der Waals surface area contributed by atoms with Crippen molar-refractivity contribution < 1.29 is 23.8 Å². The largest absolute Gasteiger partial charge is 0.502 e. The van der Waals surface area contributed by atoms with E-state index in [0.717, 1.165) is 0 Å². The van der Waals surface area contributed by atoms with Gasteiger partial charge < -0.3 is 14.6 Å². The van der Waals surface area contributed by atoms with E-state index < -0.39 is 28.5 Å². The van der Waals surface area contributed by atoms with Crippen LogP contribution >= 0.6 is 0 Å². The van der Waals surface area contributed by atoms with Crippen molar-refractivity contribution in [3.8, 4) is 5.75 Å². The Hall–Kier alpha value is -2.63. The summed E-state index contributed by atoms with van der Waals surface area (Å²) in [7, 11) is 0. The molecule has 5 nitrogen and oxygen atoms in total. The number of halogens is 1.